The fourth-order valence-electron chi connectivity index (χ4n) is 1.76. The molecule has 0 aliphatic carbocycles. The zero-order valence-electron chi connectivity index (χ0n) is 11.1. The van der Waals surface area contributed by atoms with Gasteiger partial charge in [0, 0.05) is 6.54 Å². The summed E-state index contributed by atoms with van der Waals surface area (Å²) in [7, 11) is 2.00. The Labute approximate surface area is 99.6 Å². The van der Waals surface area contributed by atoms with Crippen molar-refractivity contribution in [3.63, 3.8) is 0 Å². The van der Waals surface area contributed by atoms with Crippen LogP contribution in [0.3, 0.4) is 0 Å². The highest BCUT2D eigenvalue weighted by Gasteiger charge is 2.04. The second kappa shape index (κ2) is 5.86. The van der Waals surface area contributed by atoms with E-state index < -0.39 is 0 Å². The van der Waals surface area contributed by atoms with Crippen molar-refractivity contribution in [2.45, 2.75) is 27.7 Å². The molecule has 1 N–H and O–H groups in total. The second-order valence-electron chi connectivity index (χ2n) is 4.69. The largest absolute Gasteiger partial charge is 0.316 e. The Balaban J connectivity index is 3.07. The maximum absolute atomic E-state index is 3.24. The minimum Gasteiger partial charge on any atom is -0.316 e. The smallest absolute Gasteiger partial charge is 0.0167 e. The van der Waals surface area contributed by atoms with E-state index >= 15 is 0 Å². The average molecular weight is 217 g/mol. The van der Waals surface area contributed by atoms with Gasteiger partial charge in [-0.15, -0.1) is 0 Å². The van der Waals surface area contributed by atoms with E-state index in [-0.39, 0.29) is 0 Å². The monoisotopic (exact) mass is 217 g/mol. The molecular weight excluding hydrogens is 194 g/mol. The van der Waals surface area contributed by atoms with Crippen molar-refractivity contribution >= 4 is 6.08 Å². The quantitative estimate of drug-likeness (QED) is 0.813. The van der Waals surface area contributed by atoms with Crippen LogP contribution in [0, 0.1) is 19.8 Å². The molecule has 1 aromatic rings. The van der Waals surface area contributed by atoms with Crippen LogP contribution in [-0.2, 0) is 0 Å². The van der Waals surface area contributed by atoms with E-state index in [4.69, 9.17) is 0 Å². The zero-order chi connectivity index (χ0) is 12.1. The number of aryl methyl sites for hydroxylation is 1. The van der Waals surface area contributed by atoms with E-state index in [0.29, 0.717) is 5.92 Å². The van der Waals surface area contributed by atoms with E-state index in [9.17, 15) is 0 Å². The van der Waals surface area contributed by atoms with Gasteiger partial charge in [0.15, 0.2) is 0 Å². The summed E-state index contributed by atoms with van der Waals surface area (Å²) in [6, 6.07) is 6.49. The van der Waals surface area contributed by atoms with E-state index in [2.05, 4.69) is 57.3 Å². The number of likely N-dealkylation sites (N-methyl/N-ethyl adjacent to an activating group) is 1. The van der Waals surface area contributed by atoms with Crippen LogP contribution in [0.15, 0.2) is 23.8 Å². The summed E-state index contributed by atoms with van der Waals surface area (Å²) in [6.45, 7) is 9.81. The van der Waals surface area contributed by atoms with Gasteiger partial charge in [-0.25, -0.2) is 0 Å². The molecule has 0 bridgehead atoms. The minimum atomic E-state index is 0.590. The summed E-state index contributed by atoms with van der Waals surface area (Å²) in [5.74, 6) is 0.590. The molecule has 0 spiro atoms. The Hall–Kier alpha value is -1.08. The minimum absolute atomic E-state index is 0.590. The summed E-state index contributed by atoms with van der Waals surface area (Å²) in [4.78, 5) is 0. The summed E-state index contributed by atoms with van der Waals surface area (Å²) in [5, 5.41) is 3.24. The molecule has 1 heteroatoms. The molecule has 0 aliphatic heterocycles. The van der Waals surface area contributed by atoms with Crippen molar-refractivity contribution in [2.75, 3.05) is 13.6 Å². The van der Waals surface area contributed by atoms with Crippen molar-refractivity contribution in [1.29, 1.82) is 0 Å². The van der Waals surface area contributed by atoms with Crippen LogP contribution in [0.5, 0.6) is 0 Å². The van der Waals surface area contributed by atoms with Gasteiger partial charge in [0.05, 0.1) is 0 Å². The summed E-state index contributed by atoms with van der Waals surface area (Å²) < 4.78 is 0. The highest BCUT2D eigenvalue weighted by Crippen LogP contribution is 2.19. The molecule has 0 unspecified atom stereocenters. The highest BCUT2D eigenvalue weighted by molar-refractivity contribution is 5.58. The molecule has 88 valence electrons. The Morgan fingerprint density at radius 3 is 2.56 bits per heavy atom. The third-order valence-electron chi connectivity index (χ3n) is 3.11. The van der Waals surface area contributed by atoms with E-state index in [0.717, 1.165) is 6.54 Å². The molecule has 0 heterocycles. The predicted octanol–water partition coefficient (Wildman–Crippen LogP) is 3.56. The molecule has 0 saturated heterocycles. The topological polar surface area (TPSA) is 12.0 Å². The average Bonchev–Trinajstić information content (AvgIpc) is 2.23. The van der Waals surface area contributed by atoms with Gasteiger partial charge in [-0.1, -0.05) is 43.7 Å². The van der Waals surface area contributed by atoms with Crippen LogP contribution in [-0.4, -0.2) is 13.6 Å². The zero-order valence-corrected chi connectivity index (χ0v) is 11.1. The van der Waals surface area contributed by atoms with E-state index in [1.165, 1.54) is 22.3 Å². The molecule has 0 radical (unpaired) electrons. The lowest BCUT2D eigenvalue weighted by atomic mass is 9.96. The molecule has 1 aromatic carbocycles. The van der Waals surface area contributed by atoms with Crippen molar-refractivity contribution in [3.05, 3.63) is 40.5 Å². The molecular formula is C15H23N. The van der Waals surface area contributed by atoms with Gasteiger partial charge in [-0.2, -0.15) is 0 Å². The third-order valence-corrected chi connectivity index (χ3v) is 3.11. The van der Waals surface area contributed by atoms with Gasteiger partial charge in [0.1, 0.15) is 0 Å². The third kappa shape index (κ3) is 3.21. The Morgan fingerprint density at radius 1 is 1.31 bits per heavy atom. The maximum Gasteiger partial charge on any atom is 0.0167 e. The van der Waals surface area contributed by atoms with E-state index in [1.807, 2.05) is 7.05 Å². The van der Waals surface area contributed by atoms with Gasteiger partial charge in [-0.3, -0.25) is 0 Å². The lowest BCUT2D eigenvalue weighted by Gasteiger charge is -2.12. The van der Waals surface area contributed by atoms with Crippen molar-refractivity contribution in [2.24, 2.45) is 5.92 Å². The first kappa shape index (κ1) is 13.0. The Morgan fingerprint density at radius 2 is 2.00 bits per heavy atom. The normalized spacial score (nSPS) is 12.2. The molecule has 1 nitrogen and oxygen atoms in total. The predicted molar refractivity (Wildman–Crippen MR) is 72.7 cm³/mol. The summed E-state index contributed by atoms with van der Waals surface area (Å²) >= 11 is 0. The molecule has 0 atom stereocenters. The first-order valence-electron chi connectivity index (χ1n) is 5.97. The van der Waals surface area contributed by atoms with Crippen LogP contribution in [0.1, 0.15) is 30.5 Å². The summed E-state index contributed by atoms with van der Waals surface area (Å²) in [5.41, 5.74) is 5.55. The van der Waals surface area contributed by atoms with Crippen LogP contribution >= 0.6 is 0 Å². The molecule has 0 aromatic heterocycles. The molecule has 0 fully saturated rings. The number of nitrogens with one attached hydrogen (secondary N) is 1. The van der Waals surface area contributed by atoms with Crippen molar-refractivity contribution < 1.29 is 0 Å². The fraction of sp³-hybridized carbons (Fsp3) is 0.467. The lowest BCUT2D eigenvalue weighted by Crippen LogP contribution is -2.14. The Bertz CT molecular complexity index is 375. The van der Waals surface area contributed by atoms with Crippen molar-refractivity contribution in [1.82, 2.24) is 5.32 Å². The van der Waals surface area contributed by atoms with Crippen molar-refractivity contribution in [3.8, 4) is 0 Å². The van der Waals surface area contributed by atoms with Crippen LogP contribution < -0.4 is 5.32 Å². The van der Waals surface area contributed by atoms with Gasteiger partial charge in [0.25, 0.3) is 0 Å². The molecule has 1 rings (SSSR count). The molecule has 0 aliphatic rings. The van der Waals surface area contributed by atoms with Gasteiger partial charge in [0.2, 0.25) is 0 Å². The lowest BCUT2D eigenvalue weighted by molar-refractivity contribution is 0.713. The number of rotatable bonds is 4. The molecule has 0 amide bonds. The highest BCUT2D eigenvalue weighted by atomic mass is 14.8. The molecule has 16 heavy (non-hydrogen) atoms. The van der Waals surface area contributed by atoms with E-state index in [1.54, 1.807) is 0 Å². The van der Waals surface area contributed by atoms with Crippen LogP contribution in [0.25, 0.3) is 6.08 Å². The first-order chi connectivity index (χ1) is 7.56. The number of hydrogen-bond donors (Lipinski definition) is 1. The van der Waals surface area contributed by atoms with Gasteiger partial charge < -0.3 is 5.32 Å². The SMILES string of the molecule is CNCC(=Cc1cccc(C)c1C)C(C)C. The van der Waals surface area contributed by atoms with Gasteiger partial charge >= 0.3 is 0 Å². The van der Waals surface area contributed by atoms with Gasteiger partial charge in [-0.05, 0) is 43.5 Å². The number of hydrogen-bond acceptors (Lipinski definition) is 1. The Kier molecular flexibility index (Phi) is 4.75. The second-order valence-corrected chi connectivity index (χ2v) is 4.69. The summed E-state index contributed by atoms with van der Waals surface area (Å²) in [6.07, 6.45) is 2.32. The first-order valence-corrected chi connectivity index (χ1v) is 5.97. The van der Waals surface area contributed by atoms with Crippen LogP contribution in [0.2, 0.25) is 0 Å². The van der Waals surface area contributed by atoms with Crippen LogP contribution in [0.4, 0.5) is 0 Å². The standard InChI is InChI=1S/C15H23N/c1-11(2)15(10-16-5)9-14-8-6-7-12(3)13(14)4/h6-9,11,16H,10H2,1-5H3. The maximum atomic E-state index is 3.24. The molecule has 0 saturated carbocycles. The number of benzene rings is 1. The fourth-order valence-corrected chi connectivity index (χ4v) is 1.76.